The van der Waals surface area contributed by atoms with Gasteiger partial charge in [0.15, 0.2) is 0 Å². The second-order valence-electron chi connectivity index (χ2n) is 5.82. The molecule has 1 N–H and O–H groups in total. The number of rotatable bonds is 7. The summed E-state index contributed by atoms with van der Waals surface area (Å²) in [6, 6.07) is 13.7. The third-order valence-corrected chi connectivity index (χ3v) is 4.07. The quantitative estimate of drug-likeness (QED) is 0.773. The van der Waals surface area contributed by atoms with E-state index in [0.29, 0.717) is 36.1 Å². The zero-order valence-corrected chi connectivity index (χ0v) is 14.9. The maximum absolute atomic E-state index is 12.8. The van der Waals surface area contributed by atoms with E-state index in [2.05, 4.69) is 5.32 Å². The van der Waals surface area contributed by atoms with Gasteiger partial charge in [-0.15, -0.1) is 0 Å². The van der Waals surface area contributed by atoms with Gasteiger partial charge in [-0.1, -0.05) is 12.1 Å². The number of imide groups is 1. The molecular weight excluding hydrogens is 332 g/mol. The third-order valence-electron chi connectivity index (χ3n) is 4.07. The van der Waals surface area contributed by atoms with Crippen LogP contribution in [0.5, 0.6) is 11.5 Å². The first kappa shape index (κ1) is 17.8. The average Bonchev–Trinajstić information content (AvgIpc) is 2.92. The Hall–Kier alpha value is -3.02. The van der Waals surface area contributed by atoms with Gasteiger partial charge in [-0.05, 0) is 50.2 Å². The number of amides is 2. The van der Waals surface area contributed by atoms with Crippen molar-refractivity contribution < 1.29 is 19.1 Å². The number of anilines is 2. The van der Waals surface area contributed by atoms with Gasteiger partial charge in [-0.25, -0.2) is 4.90 Å². The Morgan fingerprint density at radius 1 is 1.00 bits per heavy atom. The lowest BCUT2D eigenvalue weighted by Gasteiger charge is -2.18. The molecular formula is C20H22N2O4. The van der Waals surface area contributed by atoms with Crippen LogP contribution in [0, 0.1) is 0 Å². The predicted molar refractivity (Wildman–Crippen MR) is 99.7 cm³/mol. The molecule has 136 valence electrons. The van der Waals surface area contributed by atoms with Crippen LogP contribution >= 0.6 is 0 Å². The molecule has 1 aliphatic heterocycles. The number of para-hydroxylation sites is 2. The van der Waals surface area contributed by atoms with Gasteiger partial charge in [0.05, 0.1) is 31.0 Å². The molecule has 0 spiro atoms. The molecule has 1 saturated heterocycles. The van der Waals surface area contributed by atoms with E-state index >= 15 is 0 Å². The molecule has 0 aliphatic carbocycles. The van der Waals surface area contributed by atoms with E-state index in [-0.39, 0.29) is 18.2 Å². The number of carbonyl (C=O) groups excluding carboxylic acids is 2. The molecule has 0 bridgehead atoms. The SMILES string of the molecule is CCOc1ccc(N2C(=O)C[C@@H](Nc3ccccc3OCC)C2=O)cc1. The molecule has 0 aromatic heterocycles. The molecule has 6 heteroatoms. The summed E-state index contributed by atoms with van der Waals surface area (Å²) >= 11 is 0. The van der Waals surface area contributed by atoms with Gasteiger partial charge >= 0.3 is 0 Å². The molecule has 1 fully saturated rings. The maximum atomic E-state index is 12.8. The van der Waals surface area contributed by atoms with Crippen molar-refractivity contribution in [1.82, 2.24) is 0 Å². The van der Waals surface area contributed by atoms with E-state index in [1.54, 1.807) is 24.3 Å². The van der Waals surface area contributed by atoms with Crippen LogP contribution in [-0.2, 0) is 9.59 Å². The summed E-state index contributed by atoms with van der Waals surface area (Å²) in [7, 11) is 0. The van der Waals surface area contributed by atoms with Crippen molar-refractivity contribution >= 4 is 23.2 Å². The minimum Gasteiger partial charge on any atom is -0.494 e. The normalized spacial score (nSPS) is 16.7. The highest BCUT2D eigenvalue weighted by Crippen LogP contribution is 2.30. The molecule has 2 aromatic carbocycles. The summed E-state index contributed by atoms with van der Waals surface area (Å²) in [6.07, 6.45) is 0.104. The number of carbonyl (C=O) groups is 2. The summed E-state index contributed by atoms with van der Waals surface area (Å²) in [6.45, 7) is 4.88. The lowest BCUT2D eigenvalue weighted by atomic mass is 10.2. The number of ether oxygens (including phenoxy) is 2. The van der Waals surface area contributed by atoms with Crippen molar-refractivity contribution in [1.29, 1.82) is 0 Å². The molecule has 2 aromatic rings. The van der Waals surface area contributed by atoms with Crippen molar-refractivity contribution in [3.63, 3.8) is 0 Å². The molecule has 1 heterocycles. The minimum absolute atomic E-state index is 0.104. The average molecular weight is 354 g/mol. The Morgan fingerprint density at radius 3 is 2.38 bits per heavy atom. The van der Waals surface area contributed by atoms with Crippen LogP contribution in [0.15, 0.2) is 48.5 Å². The van der Waals surface area contributed by atoms with Crippen molar-refractivity contribution in [3.05, 3.63) is 48.5 Å². The first-order valence-electron chi connectivity index (χ1n) is 8.72. The second kappa shape index (κ2) is 7.91. The summed E-state index contributed by atoms with van der Waals surface area (Å²) in [5.74, 6) is 0.862. The second-order valence-corrected chi connectivity index (χ2v) is 5.82. The number of nitrogens with zero attached hydrogens (tertiary/aromatic N) is 1. The van der Waals surface area contributed by atoms with Gasteiger partial charge < -0.3 is 14.8 Å². The largest absolute Gasteiger partial charge is 0.494 e. The first-order valence-corrected chi connectivity index (χ1v) is 8.72. The topological polar surface area (TPSA) is 67.9 Å². The van der Waals surface area contributed by atoms with E-state index < -0.39 is 6.04 Å². The molecule has 3 rings (SSSR count). The van der Waals surface area contributed by atoms with Crippen LogP contribution in [0.25, 0.3) is 0 Å². The minimum atomic E-state index is -0.615. The lowest BCUT2D eigenvalue weighted by molar-refractivity contribution is -0.121. The number of hydrogen-bond acceptors (Lipinski definition) is 5. The number of benzene rings is 2. The summed E-state index contributed by atoms with van der Waals surface area (Å²) in [4.78, 5) is 26.4. The van der Waals surface area contributed by atoms with Crippen LogP contribution in [0.2, 0.25) is 0 Å². The standard InChI is InChI=1S/C20H22N2O4/c1-3-25-15-11-9-14(10-12-15)22-19(23)13-17(20(22)24)21-16-7-5-6-8-18(16)26-4-2/h5-12,17,21H,3-4,13H2,1-2H3/t17-/m1/s1. The van der Waals surface area contributed by atoms with E-state index in [1.165, 1.54) is 4.90 Å². The smallest absolute Gasteiger partial charge is 0.256 e. The molecule has 0 unspecified atom stereocenters. The van der Waals surface area contributed by atoms with E-state index in [4.69, 9.17) is 9.47 Å². The van der Waals surface area contributed by atoms with Gasteiger partial charge in [0.25, 0.3) is 5.91 Å². The Kier molecular flexibility index (Phi) is 5.41. The van der Waals surface area contributed by atoms with Crippen LogP contribution in [-0.4, -0.2) is 31.1 Å². The zero-order chi connectivity index (χ0) is 18.5. The lowest BCUT2D eigenvalue weighted by Crippen LogP contribution is -2.34. The van der Waals surface area contributed by atoms with Gasteiger partial charge in [-0.3, -0.25) is 9.59 Å². The van der Waals surface area contributed by atoms with Crippen LogP contribution < -0.4 is 19.7 Å². The van der Waals surface area contributed by atoms with Crippen molar-refractivity contribution in [2.45, 2.75) is 26.3 Å². The van der Waals surface area contributed by atoms with Gasteiger partial charge in [0.2, 0.25) is 5.91 Å². The first-order chi connectivity index (χ1) is 12.6. The fourth-order valence-corrected chi connectivity index (χ4v) is 2.93. The van der Waals surface area contributed by atoms with Crippen molar-refractivity contribution in [3.8, 4) is 11.5 Å². The zero-order valence-electron chi connectivity index (χ0n) is 14.9. The van der Waals surface area contributed by atoms with E-state index in [0.717, 1.165) is 0 Å². The Balaban J connectivity index is 1.77. The maximum Gasteiger partial charge on any atom is 0.256 e. The molecule has 6 nitrogen and oxygen atoms in total. The summed E-state index contributed by atoms with van der Waals surface area (Å²) in [5.41, 5.74) is 1.25. The Morgan fingerprint density at radius 2 is 1.69 bits per heavy atom. The van der Waals surface area contributed by atoms with Gasteiger partial charge in [-0.2, -0.15) is 0 Å². The summed E-state index contributed by atoms with van der Waals surface area (Å²) in [5, 5.41) is 3.14. The summed E-state index contributed by atoms with van der Waals surface area (Å²) < 4.78 is 11.0. The highest BCUT2D eigenvalue weighted by atomic mass is 16.5. The highest BCUT2D eigenvalue weighted by Gasteiger charge is 2.39. The fraction of sp³-hybridized carbons (Fsp3) is 0.300. The van der Waals surface area contributed by atoms with Gasteiger partial charge in [0.1, 0.15) is 17.5 Å². The monoisotopic (exact) mass is 354 g/mol. The third kappa shape index (κ3) is 3.64. The molecule has 0 radical (unpaired) electrons. The highest BCUT2D eigenvalue weighted by molar-refractivity contribution is 6.23. The van der Waals surface area contributed by atoms with Crippen molar-refractivity contribution in [2.24, 2.45) is 0 Å². The van der Waals surface area contributed by atoms with E-state index in [1.807, 2.05) is 38.1 Å². The number of nitrogens with one attached hydrogen (secondary N) is 1. The molecule has 1 atom stereocenters. The van der Waals surface area contributed by atoms with Crippen LogP contribution in [0.4, 0.5) is 11.4 Å². The number of hydrogen-bond donors (Lipinski definition) is 1. The Labute approximate surface area is 152 Å². The van der Waals surface area contributed by atoms with E-state index in [9.17, 15) is 9.59 Å². The van der Waals surface area contributed by atoms with Gasteiger partial charge in [0, 0.05) is 0 Å². The molecule has 1 aliphatic rings. The fourth-order valence-electron chi connectivity index (χ4n) is 2.93. The van der Waals surface area contributed by atoms with Crippen molar-refractivity contribution in [2.75, 3.05) is 23.4 Å². The van der Waals surface area contributed by atoms with Crippen LogP contribution in [0.3, 0.4) is 0 Å². The molecule has 0 saturated carbocycles. The predicted octanol–water partition coefficient (Wildman–Crippen LogP) is 3.23. The van der Waals surface area contributed by atoms with Crippen LogP contribution in [0.1, 0.15) is 20.3 Å². The molecule has 26 heavy (non-hydrogen) atoms. The molecule has 2 amide bonds. The Bertz CT molecular complexity index is 789.